The molecule has 0 bridgehead atoms. The van der Waals surface area contributed by atoms with Crippen LogP contribution in [0.4, 0.5) is 0 Å². The largest absolute Gasteiger partial charge is 0.276 e. The first-order valence-corrected chi connectivity index (χ1v) is 19.2. The Labute approximate surface area is 296 Å². The van der Waals surface area contributed by atoms with E-state index in [2.05, 4.69) is 78.9 Å². The maximum atomic E-state index is 14.9. The van der Waals surface area contributed by atoms with Crippen molar-refractivity contribution in [3.8, 4) is 28.6 Å². The Hall–Kier alpha value is -3.96. The van der Waals surface area contributed by atoms with Crippen LogP contribution in [0.3, 0.4) is 0 Å². The third-order valence-corrected chi connectivity index (χ3v) is 10.7. The molecule has 0 aliphatic heterocycles. The second kappa shape index (κ2) is 15.5. The summed E-state index contributed by atoms with van der Waals surface area (Å²) in [4.78, 5) is 29.8. The molecule has 0 aliphatic carbocycles. The molecule has 6 aromatic rings. The molecule has 0 saturated carbocycles. The molecular formula is C42H44IN3O2. The van der Waals surface area contributed by atoms with E-state index in [4.69, 9.17) is 0 Å². The monoisotopic (exact) mass is 749 g/mol. The van der Waals surface area contributed by atoms with Gasteiger partial charge in [-0.25, -0.2) is 0 Å². The van der Waals surface area contributed by atoms with E-state index in [1.165, 1.54) is 31.2 Å². The lowest BCUT2D eigenvalue weighted by Crippen LogP contribution is -2.25. The van der Waals surface area contributed by atoms with Gasteiger partial charge in [0.15, 0.2) is 0 Å². The molecule has 0 radical (unpaired) electrons. The van der Waals surface area contributed by atoms with Crippen molar-refractivity contribution in [1.29, 1.82) is 5.26 Å². The smallest absolute Gasteiger partial charge is 0.264 e. The number of aryl methyl sites for hydroxylation is 2. The van der Waals surface area contributed by atoms with Gasteiger partial charge < -0.3 is 0 Å². The lowest BCUT2D eigenvalue weighted by molar-refractivity contribution is 0.632. The molecule has 246 valence electrons. The molecule has 0 atom stereocenters. The van der Waals surface area contributed by atoms with Gasteiger partial charge in [0.05, 0.1) is 44.8 Å². The van der Waals surface area contributed by atoms with Crippen LogP contribution < -0.4 is 11.1 Å². The fourth-order valence-corrected chi connectivity index (χ4v) is 7.79. The number of hydrogen-bond donors (Lipinski definition) is 0. The van der Waals surface area contributed by atoms with E-state index in [9.17, 15) is 14.9 Å². The van der Waals surface area contributed by atoms with E-state index in [0.29, 0.717) is 16.3 Å². The normalized spacial score (nSPS) is 11.6. The number of nitriles is 1. The minimum atomic E-state index is -0.128. The number of fused-ring (bicyclic) bond motifs is 3. The minimum absolute atomic E-state index is 0.100. The topological polar surface area (TPSA) is 66.8 Å². The molecular weight excluding hydrogens is 705 g/mol. The summed E-state index contributed by atoms with van der Waals surface area (Å²) in [6.45, 7) is 4.44. The van der Waals surface area contributed by atoms with Crippen LogP contribution in [-0.4, -0.2) is 8.80 Å². The lowest BCUT2D eigenvalue weighted by Gasteiger charge is -2.16. The number of benzene rings is 2. The zero-order valence-electron chi connectivity index (χ0n) is 28.2. The van der Waals surface area contributed by atoms with Crippen LogP contribution in [0.1, 0.15) is 100 Å². The standard InChI is InChI=1S/C42H44IN3O2/c1-3-5-7-9-11-13-33-37-25-23-35(31-19-15-29(27-43)16-20-31)45(37)41(47)39-34(14-12-10-8-6-4-2)38-26-24-36(46(38)42(48)40(33)39)32-21-17-30(28-44)18-22-32/h15-26H,3-14,27H2,1-2H3. The Morgan fingerprint density at radius 2 is 1.02 bits per heavy atom. The molecule has 48 heavy (non-hydrogen) atoms. The average molecular weight is 750 g/mol. The maximum absolute atomic E-state index is 14.9. The van der Waals surface area contributed by atoms with Crippen LogP contribution in [0.15, 0.2) is 82.4 Å². The van der Waals surface area contributed by atoms with E-state index in [1.807, 2.05) is 33.1 Å². The number of pyridine rings is 2. The van der Waals surface area contributed by atoms with Crippen molar-refractivity contribution in [2.45, 2.75) is 95.3 Å². The van der Waals surface area contributed by atoms with E-state index >= 15 is 0 Å². The summed E-state index contributed by atoms with van der Waals surface area (Å²) in [5.74, 6) is 0. The van der Waals surface area contributed by atoms with Crippen molar-refractivity contribution in [2.24, 2.45) is 0 Å². The second-order valence-electron chi connectivity index (χ2n) is 13.0. The minimum Gasteiger partial charge on any atom is -0.276 e. The summed E-state index contributed by atoms with van der Waals surface area (Å²) >= 11 is 2.37. The van der Waals surface area contributed by atoms with Gasteiger partial charge in [-0.2, -0.15) is 5.26 Å². The van der Waals surface area contributed by atoms with Gasteiger partial charge in [0.25, 0.3) is 11.1 Å². The number of alkyl halides is 1. The van der Waals surface area contributed by atoms with Gasteiger partial charge >= 0.3 is 0 Å². The SMILES string of the molecule is CCCCCCCc1c2c(=O)n3c(-c4ccc(CI)cc4)ccc3c(CCCCCCC)c2c(=O)n2c(-c3ccc(C#N)cc3)ccc12. The van der Waals surface area contributed by atoms with Gasteiger partial charge in [0.2, 0.25) is 0 Å². The molecule has 2 aromatic carbocycles. The summed E-state index contributed by atoms with van der Waals surface area (Å²) in [7, 11) is 0. The van der Waals surface area contributed by atoms with E-state index in [-0.39, 0.29) is 11.1 Å². The quantitative estimate of drug-likeness (QED) is 0.0596. The summed E-state index contributed by atoms with van der Waals surface area (Å²) in [6, 6.07) is 26.2. The van der Waals surface area contributed by atoms with Gasteiger partial charge in [-0.05, 0) is 89.9 Å². The fraction of sp³-hybridized carbons (Fsp3) is 0.357. The van der Waals surface area contributed by atoms with E-state index in [1.54, 1.807) is 12.1 Å². The van der Waals surface area contributed by atoms with Crippen molar-refractivity contribution in [2.75, 3.05) is 0 Å². The molecule has 0 amide bonds. The Bertz CT molecular complexity index is 2190. The fourth-order valence-electron chi connectivity index (χ4n) is 7.28. The zero-order valence-corrected chi connectivity index (χ0v) is 30.3. The first kappa shape index (κ1) is 33.9. The van der Waals surface area contributed by atoms with E-state index in [0.717, 1.165) is 100 Å². The highest BCUT2D eigenvalue weighted by Crippen LogP contribution is 2.33. The molecule has 0 spiro atoms. The number of unbranched alkanes of at least 4 members (excludes halogenated alkanes) is 8. The third-order valence-electron chi connectivity index (χ3n) is 9.84. The molecule has 4 aromatic heterocycles. The first-order valence-electron chi connectivity index (χ1n) is 17.7. The number of aromatic nitrogens is 2. The van der Waals surface area contributed by atoms with Gasteiger partial charge in [-0.1, -0.05) is 124 Å². The van der Waals surface area contributed by atoms with Crippen molar-refractivity contribution < 1.29 is 0 Å². The highest BCUT2D eigenvalue weighted by molar-refractivity contribution is 14.1. The molecule has 5 nitrogen and oxygen atoms in total. The van der Waals surface area contributed by atoms with Crippen molar-refractivity contribution in [1.82, 2.24) is 8.80 Å². The molecule has 0 aliphatic rings. The lowest BCUT2D eigenvalue weighted by atomic mass is 9.95. The molecule has 0 saturated heterocycles. The molecule has 4 heterocycles. The molecule has 0 unspecified atom stereocenters. The summed E-state index contributed by atoms with van der Waals surface area (Å²) in [5.41, 5.74) is 8.76. The van der Waals surface area contributed by atoms with Crippen molar-refractivity contribution in [3.05, 3.63) is 116 Å². The van der Waals surface area contributed by atoms with Gasteiger partial charge in [0.1, 0.15) is 0 Å². The third kappa shape index (κ3) is 6.54. The van der Waals surface area contributed by atoms with Crippen molar-refractivity contribution >= 4 is 44.4 Å². The molecule has 6 rings (SSSR count). The maximum Gasteiger partial charge on any atom is 0.264 e. The van der Waals surface area contributed by atoms with Crippen LogP contribution in [0.2, 0.25) is 0 Å². The van der Waals surface area contributed by atoms with Gasteiger partial charge in [-0.15, -0.1) is 0 Å². The average Bonchev–Trinajstić information content (AvgIpc) is 3.77. The highest BCUT2D eigenvalue weighted by atomic mass is 127. The molecule has 0 fully saturated rings. The van der Waals surface area contributed by atoms with Crippen LogP contribution in [-0.2, 0) is 17.3 Å². The van der Waals surface area contributed by atoms with Crippen molar-refractivity contribution in [3.63, 3.8) is 0 Å². The van der Waals surface area contributed by atoms with Crippen LogP contribution >= 0.6 is 22.6 Å². The Balaban J connectivity index is 1.65. The predicted molar refractivity (Wildman–Crippen MR) is 208 cm³/mol. The van der Waals surface area contributed by atoms with Crippen LogP contribution in [0.5, 0.6) is 0 Å². The predicted octanol–water partition coefficient (Wildman–Crippen LogP) is 10.7. The summed E-state index contributed by atoms with van der Waals surface area (Å²) < 4.78 is 4.66. The van der Waals surface area contributed by atoms with E-state index < -0.39 is 0 Å². The Kier molecular flexibility index (Phi) is 11.0. The molecule has 6 heteroatoms. The zero-order chi connectivity index (χ0) is 33.6. The second-order valence-corrected chi connectivity index (χ2v) is 13.8. The summed E-state index contributed by atoms with van der Waals surface area (Å²) in [5, 5.41) is 10.6. The van der Waals surface area contributed by atoms with Gasteiger partial charge in [0, 0.05) is 4.43 Å². The number of hydrogen-bond acceptors (Lipinski definition) is 3. The Morgan fingerprint density at radius 3 is 1.44 bits per heavy atom. The Morgan fingerprint density at radius 1 is 0.583 bits per heavy atom. The highest BCUT2D eigenvalue weighted by Gasteiger charge is 2.24. The molecule has 0 N–H and O–H groups in total. The number of nitrogens with zero attached hydrogens (tertiary/aromatic N) is 3. The van der Waals surface area contributed by atoms with Crippen LogP contribution in [0.25, 0.3) is 44.3 Å². The van der Waals surface area contributed by atoms with Crippen LogP contribution in [0, 0.1) is 11.3 Å². The summed E-state index contributed by atoms with van der Waals surface area (Å²) in [6.07, 6.45) is 12.6. The number of halogens is 1. The number of rotatable bonds is 15. The first-order chi connectivity index (χ1) is 23.5. The van der Waals surface area contributed by atoms with Gasteiger partial charge in [-0.3, -0.25) is 18.4 Å².